The van der Waals surface area contributed by atoms with Crippen LogP contribution in [0.3, 0.4) is 0 Å². The number of pyridine rings is 1. The zero-order valence-corrected chi connectivity index (χ0v) is 24.1. The average Bonchev–Trinajstić information content (AvgIpc) is 2.95. The lowest BCUT2D eigenvalue weighted by atomic mass is 9.60. The van der Waals surface area contributed by atoms with E-state index in [2.05, 4.69) is 29.0 Å². The van der Waals surface area contributed by atoms with E-state index in [0.717, 1.165) is 65.4 Å². The normalized spacial score (nSPS) is 23.2. The Kier molecular flexibility index (Phi) is 8.45. The summed E-state index contributed by atoms with van der Waals surface area (Å²) in [5.41, 5.74) is 0.905. The summed E-state index contributed by atoms with van der Waals surface area (Å²) in [5, 5.41) is 15.8. The molecule has 0 aliphatic carbocycles. The van der Waals surface area contributed by atoms with Gasteiger partial charge in [-0.3, -0.25) is 24.8 Å². The summed E-state index contributed by atoms with van der Waals surface area (Å²) in [7, 11) is 0. The fourth-order valence-corrected chi connectivity index (χ4v) is 7.13. The summed E-state index contributed by atoms with van der Waals surface area (Å²) in [6.45, 7) is 5.96. The maximum atomic E-state index is 13.1. The molecule has 2 aliphatic heterocycles. The van der Waals surface area contributed by atoms with Gasteiger partial charge in [0.05, 0.1) is 22.6 Å². The molecule has 2 aliphatic rings. The number of nitrogens with zero attached hydrogens (tertiary/aromatic N) is 2. The highest BCUT2D eigenvalue weighted by molar-refractivity contribution is 6.01. The molecule has 0 radical (unpaired) electrons. The number of rotatable bonds is 8. The molecule has 2 fully saturated rings. The number of hydrogen-bond acceptors (Lipinski definition) is 5. The molecule has 0 spiro atoms. The molecule has 2 N–H and O–H groups in total. The van der Waals surface area contributed by atoms with Crippen molar-refractivity contribution < 1.29 is 27.9 Å². The standard InChI is InChI=1S/C33H38F3N3O3/c1-3-13-31(14-4-2)21-39(20-22-5-7-25(8-6-22)33(34,35)36)16-15-32(31,42)26-9-11-28-23(18-26)17-24(19-37-28)27-10-12-29(40)38-30(27)41/h5-9,11,17-19,27,42H,3-4,10,12-16,20-21H2,1-2H3,(H,38,40,41). The third-order valence-electron chi connectivity index (χ3n) is 9.16. The van der Waals surface area contributed by atoms with Crippen LogP contribution < -0.4 is 5.32 Å². The highest BCUT2D eigenvalue weighted by atomic mass is 19.4. The van der Waals surface area contributed by atoms with E-state index in [0.29, 0.717) is 32.5 Å². The van der Waals surface area contributed by atoms with Gasteiger partial charge in [-0.05, 0) is 72.7 Å². The number of hydrogen-bond donors (Lipinski definition) is 2. The van der Waals surface area contributed by atoms with Crippen molar-refractivity contribution in [3.63, 3.8) is 0 Å². The molecule has 3 heterocycles. The largest absolute Gasteiger partial charge is 0.416 e. The van der Waals surface area contributed by atoms with E-state index in [1.807, 2.05) is 24.3 Å². The van der Waals surface area contributed by atoms with Crippen LogP contribution in [0.2, 0.25) is 0 Å². The molecule has 2 atom stereocenters. The molecule has 1 aromatic heterocycles. The van der Waals surface area contributed by atoms with Crippen molar-refractivity contribution in [2.45, 2.75) is 83.0 Å². The first kappa shape index (κ1) is 30.2. The Labute approximate surface area is 244 Å². The van der Waals surface area contributed by atoms with Crippen LogP contribution in [0.1, 0.15) is 87.0 Å². The summed E-state index contributed by atoms with van der Waals surface area (Å²) in [5.74, 6) is -1.02. The lowest BCUT2D eigenvalue weighted by Gasteiger charge is -2.54. The van der Waals surface area contributed by atoms with E-state index < -0.39 is 28.7 Å². The smallest absolute Gasteiger partial charge is 0.384 e. The topological polar surface area (TPSA) is 82.5 Å². The fourth-order valence-electron chi connectivity index (χ4n) is 7.13. The Hall–Kier alpha value is -3.30. The second-order valence-corrected chi connectivity index (χ2v) is 12.0. The van der Waals surface area contributed by atoms with Crippen LogP contribution in [-0.4, -0.2) is 39.9 Å². The minimum absolute atomic E-state index is 0.262. The third-order valence-corrected chi connectivity index (χ3v) is 9.16. The quantitative estimate of drug-likeness (QED) is 0.299. The van der Waals surface area contributed by atoms with Gasteiger partial charge in [0, 0.05) is 43.1 Å². The summed E-state index contributed by atoms with van der Waals surface area (Å²) in [6.07, 6.45) is 1.89. The van der Waals surface area contributed by atoms with Crippen molar-refractivity contribution in [3.05, 3.63) is 77.0 Å². The zero-order chi connectivity index (χ0) is 30.1. The molecule has 42 heavy (non-hydrogen) atoms. The predicted octanol–water partition coefficient (Wildman–Crippen LogP) is 6.45. The highest BCUT2D eigenvalue weighted by Crippen LogP contribution is 2.52. The minimum Gasteiger partial charge on any atom is -0.384 e. The van der Waals surface area contributed by atoms with Crippen LogP contribution in [0.25, 0.3) is 10.9 Å². The molecular formula is C33H38F3N3O3. The van der Waals surface area contributed by atoms with Crippen molar-refractivity contribution in [3.8, 4) is 0 Å². The molecule has 2 aromatic carbocycles. The maximum Gasteiger partial charge on any atom is 0.416 e. The summed E-state index contributed by atoms with van der Waals surface area (Å²) in [4.78, 5) is 31.0. The van der Waals surface area contributed by atoms with Crippen molar-refractivity contribution >= 4 is 22.7 Å². The molecule has 9 heteroatoms. The van der Waals surface area contributed by atoms with E-state index in [4.69, 9.17) is 0 Å². The van der Waals surface area contributed by atoms with Gasteiger partial charge in [0.15, 0.2) is 0 Å². The molecule has 6 nitrogen and oxygen atoms in total. The first-order valence-corrected chi connectivity index (χ1v) is 14.8. The monoisotopic (exact) mass is 581 g/mol. The number of benzene rings is 2. The van der Waals surface area contributed by atoms with Crippen molar-refractivity contribution in [2.24, 2.45) is 5.41 Å². The lowest BCUT2D eigenvalue weighted by Crippen LogP contribution is -2.57. The van der Waals surface area contributed by atoms with Crippen LogP contribution in [0, 0.1) is 5.41 Å². The number of amides is 2. The number of aliphatic hydroxyl groups is 1. The third kappa shape index (κ3) is 5.81. The fraction of sp³-hybridized carbons (Fsp3) is 0.485. The predicted molar refractivity (Wildman–Crippen MR) is 154 cm³/mol. The Balaban J connectivity index is 1.45. The number of carbonyl (C=O) groups excluding carboxylic acids is 2. The van der Waals surface area contributed by atoms with E-state index in [9.17, 15) is 27.9 Å². The van der Waals surface area contributed by atoms with Gasteiger partial charge in [-0.2, -0.15) is 13.2 Å². The number of halogens is 3. The van der Waals surface area contributed by atoms with Gasteiger partial charge in [-0.15, -0.1) is 0 Å². The van der Waals surface area contributed by atoms with Crippen molar-refractivity contribution in [1.82, 2.24) is 15.2 Å². The molecule has 0 bridgehead atoms. The van der Waals surface area contributed by atoms with Crippen LogP contribution in [0.4, 0.5) is 13.2 Å². The second-order valence-electron chi connectivity index (χ2n) is 12.0. The molecule has 224 valence electrons. The van der Waals surface area contributed by atoms with Gasteiger partial charge in [0.25, 0.3) is 0 Å². The summed E-state index contributed by atoms with van der Waals surface area (Å²) >= 11 is 0. The molecule has 2 saturated heterocycles. The first-order valence-electron chi connectivity index (χ1n) is 14.8. The van der Waals surface area contributed by atoms with E-state index in [1.165, 1.54) is 0 Å². The second kappa shape index (κ2) is 11.8. The van der Waals surface area contributed by atoms with Crippen molar-refractivity contribution in [1.29, 1.82) is 0 Å². The van der Waals surface area contributed by atoms with Crippen molar-refractivity contribution in [2.75, 3.05) is 13.1 Å². The number of piperidine rings is 2. The Bertz CT molecular complexity index is 1450. The van der Waals surface area contributed by atoms with E-state index >= 15 is 0 Å². The molecule has 0 saturated carbocycles. The average molecular weight is 582 g/mol. The molecular weight excluding hydrogens is 543 g/mol. The summed E-state index contributed by atoms with van der Waals surface area (Å²) < 4.78 is 39.2. The molecule has 2 unspecified atom stereocenters. The zero-order valence-electron chi connectivity index (χ0n) is 24.1. The Morgan fingerprint density at radius 3 is 2.40 bits per heavy atom. The maximum absolute atomic E-state index is 13.1. The number of imide groups is 1. The molecule has 5 rings (SSSR count). The Morgan fingerprint density at radius 1 is 1.05 bits per heavy atom. The van der Waals surface area contributed by atoms with Crippen LogP contribution in [0.5, 0.6) is 0 Å². The summed E-state index contributed by atoms with van der Waals surface area (Å²) in [6, 6.07) is 13.1. The number of alkyl halides is 3. The number of nitrogens with one attached hydrogen (secondary N) is 1. The minimum atomic E-state index is -4.37. The Morgan fingerprint density at radius 2 is 1.76 bits per heavy atom. The van der Waals surface area contributed by atoms with Gasteiger partial charge in [0.2, 0.25) is 11.8 Å². The van der Waals surface area contributed by atoms with Crippen LogP contribution in [-0.2, 0) is 27.9 Å². The van der Waals surface area contributed by atoms with Crippen LogP contribution >= 0.6 is 0 Å². The van der Waals surface area contributed by atoms with Gasteiger partial charge in [0.1, 0.15) is 0 Å². The van der Waals surface area contributed by atoms with E-state index in [-0.39, 0.29) is 18.2 Å². The molecule has 3 aromatic rings. The lowest BCUT2D eigenvalue weighted by molar-refractivity contribution is -0.153. The van der Waals surface area contributed by atoms with Gasteiger partial charge < -0.3 is 5.11 Å². The number of likely N-dealkylation sites (tertiary alicyclic amines) is 1. The SMILES string of the molecule is CCCC1(CCC)CN(Cc2ccc(C(F)(F)F)cc2)CCC1(O)c1ccc2ncc(C3CCC(=O)NC3=O)cc2c1. The number of aromatic nitrogens is 1. The highest BCUT2D eigenvalue weighted by Gasteiger charge is 2.53. The van der Waals surface area contributed by atoms with Gasteiger partial charge >= 0.3 is 6.18 Å². The van der Waals surface area contributed by atoms with Crippen LogP contribution in [0.15, 0.2) is 54.7 Å². The van der Waals surface area contributed by atoms with Gasteiger partial charge in [-0.25, -0.2) is 0 Å². The molecule has 2 amide bonds. The first-order chi connectivity index (χ1) is 20.0. The number of fused-ring (bicyclic) bond motifs is 1. The van der Waals surface area contributed by atoms with E-state index in [1.54, 1.807) is 18.3 Å². The number of carbonyl (C=O) groups is 2. The van der Waals surface area contributed by atoms with Gasteiger partial charge in [-0.1, -0.05) is 44.9 Å².